The van der Waals surface area contributed by atoms with Crippen molar-refractivity contribution in [2.24, 2.45) is 22.2 Å². The van der Waals surface area contributed by atoms with Crippen molar-refractivity contribution in [3.05, 3.63) is 71.3 Å². The molecule has 2 aromatic rings. The van der Waals surface area contributed by atoms with Crippen LogP contribution in [0.1, 0.15) is 103 Å². The van der Waals surface area contributed by atoms with Crippen molar-refractivity contribution < 1.29 is 4.79 Å². The van der Waals surface area contributed by atoms with Crippen LogP contribution in [0.2, 0.25) is 0 Å². The predicted molar refractivity (Wildman–Crippen MR) is 151 cm³/mol. The fourth-order valence-electron chi connectivity index (χ4n) is 6.47. The summed E-state index contributed by atoms with van der Waals surface area (Å²) in [4.78, 5) is 21.2. The summed E-state index contributed by atoms with van der Waals surface area (Å²) in [5.74, 6) is 2.05. The molecule has 0 saturated heterocycles. The third-order valence-corrected chi connectivity index (χ3v) is 8.84. The molecule has 1 fully saturated rings. The second-order valence-electron chi connectivity index (χ2n) is 12.6. The number of amides is 1. The van der Waals surface area contributed by atoms with Crippen LogP contribution in [0, 0.1) is 17.3 Å². The van der Waals surface area contributed by atoms with E-state index in [2.05, 4.69) is 95.0 Å². The fraction of sp³-hybridized carbons (Fsp3) is 0.576. The summed E-state index contributed by atoms with van der Waals surface area (Å²) < 4.78 is 0. The van der Waals surface area contributed by atoms with Gasteiger partial charge in [-0.3, -0.25) is 9.79 Å². The van der Waals surface area contributed by atoms with Gasteiger partial charge >= 0.3 is 0 Å². The average Bonchev–Trinajstić information content (AvgIpc) is 3.09. The molecule has 2 aromatic carbocycles. The van der Waals surface area contributed by atoms with Crippen molar-refractivity contribution in [2.75, 3.05) is 0 Å². The minimum Gasteiger partial charge on any atom is -0.308 e. The smallest absolute Gasteiger partial charge is 0.270 e. The SMILES string of the molecule is CCC(c1ccc(CN2C(=O)C(CCc3ccccc3)=NC23CCC(C(C)(C)C)CC3)cc1)C(C)C. The van der Waals surface area contributed by atoms with Crippen molar-refractivity contribution in [1.82, 2.24) is 4.90 Å². The molecule has 1 saturated carbocycles. The van der Waals surface area contributed by atoms with Crippen molar-refractivity contribution in [1.29, 1.82) is 0 Å². The molecule has 3 heteroatoms. The van der Waals surface area contributed by atoms with E-state index in [1.54, 1.807) is 0 Å². The number of aryl methyl sites for hydroxylation is 1. The van der Waals surface area contributed by atoms with Crippen LogP contribution in [-0.2, 0) is 17.8 Å². The van der Waals surface area contributed by atoms with Gasteiger partial charge in [-0.1, -0.05) is 96.1 Å². The second-order valence-corrected chi connectivity index (χ2v) is 12.6. The Kier molecular flexibility index (Phi) is 8.07. The van der Waals surface area contributed by atoms with Gasteiger partial charge in [0.05, 0.1) is 0 Å². The summed E-state index contributed by atoms with van der Waals surface area (Å²) in [7, 11) is 0. The van der Waals surface area contributed by atoms with Crippen LogP contribution in [0.5, 0.6) is 0 Å². The maximum atomic E-state index is 13.8. The Labute approximate surface area is 219 Å². The van der Waals surface area contributed by atoms with Crippen LogP contribution in [0.25, 0.3) is 0 Å². The number of hydrogen-bond donors (Lipinski definition) is 0. The standard InChI is InChI=1S/C33H46N2O/c1-7-29(24(2)3)27-16-13-26(14-17-27)23-35-31(36)30(18-15-25-11-9-8-10-12-25)34-33(35)21-19-28(20-22-33)32(4,5)6/h8-14,16-17,24,28-29H,7,15,18-23H2,1-6H3. The van der Waals surface area contributed by atoms with E-state index in [-0.39, 0.29) is 11.6 Å². The van der Waals surface area contributed by atoms with Gasteiger partial charge < -0.3 is 4.90 Å². The Morgan fingerprint density at radius 3 is 2.14 bits per heavy atom. The molecule has 0 aromatic heterocycles. The van der Waals surface area contributed by atoms with Gasteiger partial charge in [-0.2, -0.15) is 0 Å². The molecule has 1 atom stereocenters. The molecule has 1 heterocycles. The first-order valence-corrected chi connectivity index (χ1v) is 14.2. The molecule has 0 radical (unpaired) electrons. The van der Waals surface area contributed by atoms with E-state index in [0.29, 0.717) is 29.7 Å². The molecule has 1 spiro atoms. The lowest BCUT2D eigenvalue weighted by molar-refractivity contribution is -0.130. The van der Waals surface area contributed by atoms with E-state index in [9.17, 15) is 4.79 Å². The molecule has 194 valence electrons. The minimum atomic E-state index is -0.368. The number of rotatable bonds is 8. The first-order valence-electron chi connectivity index (χ1n) is 14.2. The van der Waals surface area contributed by atoms with Gasteiger partial charge in [-0.25, -0.2) is 0 Å². The van der Waals surface area contributed by atoms with Gasteiger partial charge in [0.1, 0.15) is 11.4 Å². The zero-order valence-corrected chi connectivity index (χ0v) is 23.4. The van der Waals surface area contributed by atoms with Crippen molar-refractivity contribution >= 4 is 11.6 Å². The molecule has 2 aliphatic rings. The molecule has 1 unspecified atom stereocenters. The Hall–Kier alpha value is -2.42. The topological polar surface area (TPSA) is 32.7 Å². The normalized spacial score (nSPS) is 23.4. The average molecular weight is 487 g/mol. The lowest BCUT2D eigenvalue weighted by Crippen LogP contribution is -2.49. The highest BCUT2D eigenvalue weighted by atomic mass is 16.2. The third-order valence-electron chi connectivity index (χ3n) is 8.84. The molecule has 4 rings (SSSR count). The number of nitrogens with zero attached hydrogens (tertiary/aromatic N) is 2. The quantitative estimate of drug-likeness (QED) is 0.370. The molecule has 3 nitrogen and oxygen atoms in total. The third kappa shape index (κ3) is 5.76. The summed E-state index contributed by atoms with van der Waals surface area (Å²) in [6, 6.07) is 19.5. The Morgan fingerprint density at radius 2 is 1.58 bits per heavy atom. The van der Waals surface area contributed by atoms with Crippen LogP contribution < -0.4 is 0 Å². The highest BCUT2D eigenvalue weighted by Crippen LogP contribution is 2.47. The van der Waals surface area contributed by atoms with Crippen molar-refractivity contribution in [3.63, 3.8) is 0 Å². The highest BCUT2D eigenvalue weighted by Gasteiger charge is 2.49. The van der Waals surface area contributed by atoms with Gasteiger partial charge in [-0.15, -0.1) is 0 Å². The Balaban J connectivity index is 1.55. The van der Waals surface area contributed by atoms with Crippen LogP contribution >= 0.6 is 0 Å². The first-order chi connectivity index (χ1) is 17.1. The van der Waals surface area contributed by atoms with Gasteiger partial charge in [-0.05, 0) is 84.8 Å². The first kappa shape index (κ1) is 26.6. The fourth-order valence-corrected chi connectivity index (χ4v) is 6.47. The van der Waals surface area contributed by atoms with Crippen molar-refractivity contribution in [2.45, 2.75) is 105 Å². The maximum absolute atomic E-state index is 13.8. The zero-order chi connectivity index (χ0) is 25.9. The van der Waals surface area contributed by atoms with Gasteiger partial charge in [0.2, 0.25) is 0 Å². The van der Waals surface area contributed by atoms with Gasteiger partial charge in [0, 0.05) is 6.54 Å². The number of hydrogen-bond acceptors (Lipinski definition) is 2. The Bertz CT molecular complexity index is 1040. The largest absolute Gasteiger partial charge is 0.308 e. The van der Waals surface area contributed by atoms with E-state index in [1.807, 2.05) is 6.07 Å². The van der Waals surface area contributed by atoms with E-state index in [4.69, 9.17) is 4.99 Å². The van der Waals surface area contributed by atoms with Gasteiger partial charge in [0.15, 0.2) is 0 Å². The number of aliphatic imine (C=N–C) groups is 1. The molecular weight excluding hydrogens is 440 g/mol. The monoisotopic (exact) mass is 486 g/mol. The van der Waals surface area contributed by atoms with Crippen LogP contribution in [0.15, 0.2) is 59.6 Å². The summed E-state index contributed by atoms with van der Waals surface area (Å²) in [5.41, 5.74) is 4.59. The Morgan fingerprint density at radius 1 is 0.944 bits per heavy atom. The zero-order valence-electron chi connectivity index (χ0n) is 23.4. The van der Waals surface area contributed by atoms with E-state index >= 15 is 0 Å². The van der Waals surface area contributed by atoms with Crippen molar-refractivity contribution in [3.8, 4) is 0 Å². The lowest BCUT2D eigenvalue weighted by atomic mass is 9.69. The number of benzene rings is 2. The molecular formula is C33H46N2O. The summed E-state index contributed by atoms with van der Waals surface area (Å²) >= 11 is 0. The molecule has 0 N–H and O–H groups in total. The van der Waals surface area contributed by atoms with Crippen LogP contribution in [-0.4, -0.2) is 22.2 Å². The maximum Gasteiger partial charge on any atom is 0.270 e. The van der Waals surface area contributed by atoms with E-state index in [0.717, 1.165) is 50.7 Å². The van der Waals surface area contributed by atoms with E-state index < -0.39 is 0 Å². The van der Waals surface area contributed by atoms with Crippen LogP contribution in [0.3, 0.4) is 0 Å². The lowest BCUT2D eigenvalue weighted by Gasteiger charge is -2.45. The summed E-state index contributed by atoms with van der Waals surface area (Å²) in [6.07, 6.45) is 6.94. The summed E-state index contributed by atoms with van der Waals surface area (Å²) in [6.45, 7) is 14.6. The predicted octanol–water partition coefficient (Wildman–Crippen LogP) is 8.18. The highest BCUT2D eigenvalue weighted by molar-refractivity contribution is 6.40. The number of carbonyl (C=O) groups excluding carboxylic acids is 1. The van der Waals surface area contributed by atoms with Crippen LogP contribution in [0.4, 0.5) is 0 Å². The molecule has 1 aliphatic carbocycles. The molecule has 36 heavy (non-hydrogen) atoms. The molecule has 1 amide bonds. The molecule has 0 bridgehead atoms. The number of carbonyl (C=O) groups is 1. The van der Waals surface area contributed by atoms with Gasteiger partial charge in [0.25, 0.3) is 5.91 Å². The summed E-state index contributed by atoms with van der Waals surface area (Å²) in [5, 5.41) is 0. The van der Waals surface area contributed by atoms with E-state index in [1.165, 1.54) is 16.7 Å². The minimum absolute atomic E-state index is 0.151. The second kappa shape index (κ2) is 10.9. The molecule has 1 aliphatic heterocycles.